The number of aryl methyl sites for hydroxylation is 1. The Morgan fingerprint density at radius 2 is 2.00 bits per heavy atom. The minimum Gasteiger partial charge on any atom is -0.361 e. The van der Waals surface area contributed by atoms with Gasteiger partial charge in [-0.2, -0.15) is 0 Å². The molecule has 0 bridgehead atoms. The minimum atomic E-state index is -3.31. The summed E-state index contributed by atoms with van der Waals surface area (Å²) in [6.07, 6.45) is 0. The Balaban J connectivity index is 1.70. The van der Waals surface area contributed by atoms with E-state index in [4.69, 9.17) is 4.52 Å². The molecule has 0 unspecified atom stereocenters. The van der Waals surface area contributed by atoms with Gasteiger partial charge in [-0.1, -0.05) is 17.3 Å². The monoisotopic (exact) mass is 392 g/mol. The van der Waals surface area contributed by atoms with E-state index in [2.05, 4.69) is 20.2 Å². The molecule has 0 atom stereocenters. The molecule has 3 rings (SSSR count). The lowest BCUT2D eigenvalue weighted by Gasteiger charge is -2.06. The van der Waals surface area contributed by atoms with Crippen LogP contribution >= 0.6 is 11.3 Å². The van der Waals surface area contributed by atoms with E-state index in [1.165, 1.54) is 11.3 Å². The van der Waals surface area contributed by atoms with Gasteiger partial charge in [0.2, 0.25) is 10.0 Å². The highest BCUT2D eigenvalue weighted by atomic mass is 32.2. The number of benzene rings is 1. The zero-order valence-electron chi connectivity index (χ0n) is 14.0. The molecular formula is C16H16N4O4S2. The standard InChI is InChI=1S/C16H16N4O4S2/c1-3-26(22,23)20-12-6-4-11(5-7-12)14-9-25-16(17-14)18-15(21)13-8-10(2)24-19-13/h4-9,20H,3H2,1-2H3,(H,17,18,21). The second-order valence-electron chi connectivity index (χ2n) is 5.40. The number of amides is 1. The summed E-state index contributed by atoms with van der Waals surface area (Å²) in [6, 6.07) is 8.39. The van der Waals surface area contributed by atoms with Crippen LogP contribution in [-0.4, -0.2) is 30.2 Å². The smallest absolute Gasteiger partial charge is 0.279 e. The number of nitrogens with zero attached hydrogens (tertiary/aromatic N) is 2. The molecule has 2 aromatic heterocycles. The zero-order chi connectivity index (χ0) is 18.7. The summed E-state index contributed by atoms with van der Waals surface area (Å²) in [4.78, 5) is 16.4. The average molecular weight is 392 g/mol. The highest BCUT2D eigenvalue weighted by Gasteiger charge is 2.14. The third kappa shape index (κ3) is 4.27. The first-order valence-electron chi connectivity index (χ1n) is 7.67. The summed E-state index contributed by atoms with van der Waals surface area (Å²) >= 11 is 1.28. The fraction of sp³-hybridized carbons (Fsp3) is 0.188. The van der Waals surface area contributed by atoms with Gasteiger partial charge in [0.15, 0.2) is 10.8 Å². The molecule has 2 N–H and O–H groups in total. The van der Waals surface area contributed by atoms with E-state index in [9.17, 15) is 13.2 Å². The first-order chi connectivity index (χ1) is 12.4. The van der Waals surface area contributed by atoms with E-state index in [1.54, 1.807) is 49.6 Å². The third-order valence-electron chi connectivity index (χ3n) is 3.42. The molecule has 3 aromatic rings. The summed E-state index contributed by atoms with van der Waals surface area (Å²) in [7, 11) is -3.31. The van der Waals surface area contributed by atoms with Gasteiger partial charge in [-0.25, -0.2) is 13.4 Å². The van der Waals surface area contributed by atoms with Crippen molar-refractivity contribution < 1.29 is 17.7 Å². The van der Waals surface area contributed by atoms with Crippen LogP contribution in [0, 0.1) is 6.92 Å². The maximum absolute atomic E-state index is 12.0. The quantitative estimate of drug-likeness (QED) is 0.666. The van der Waals surface area contributed by atoms with Crippen LogP contribution in [0.1, 0.15) is 23.2 Å². The van der Waals surface area contributed by atoms with Crippen LogP contribution < -0.4 is 10.0 Å². The summed E-state index contributed by atoms with van der Waals surface area (Å²) in [5, 5.41) is 8.55. The van der Waals surface area contributed by atoms with Gasteiger partial charge in [0.25, 0.3) is 5.91 Å². The molecule has 0 fully saturated rings. The molecule has 136 valence electrons. The number of hydrogen-bond donors (Lipinski definition) is 2. The Kier molecular flexibility index (Phi) is 5.05. The highest BCUT2D eigenvalue weighted by Crippen LogP contribution is 2.26. The van der Waals surface area contributed by atoms with Crippen molar-refractivity contribution in [2.75, 3.05) is 15.8 Å². The molecule has 0 aliphatic carbocycles. The van der Waals surface area contributed by atoms with Gasteiger partial charge in [-0.05, 0) is 26.0 Å². The van der Waals surface area contributed by atoms with Crippen LogP contribution in [0.25, 0.3) is 11.3 Å². The molecule has 0 saturated heterocycles. The number of nitrogens with one attached hydrogen (secondary N) is 2. The highest BCUT2D eigenvalue weighted by molar-refractivity contribution is 7.92. The maximum atomic E-state index is 12.0. The topological polar surface area (TPSA) is 114 Å². The molecule has 0 saturated carbocycles. The molecule has 26 heavy (non-hydrogen) atoms. The fourth-order valence-corrected chi connectivity index (χ4v) is 3.41. The fourth-order valence-electron chi connectivity index (χ4n) is 2.06. The van der Waals surface area contributed by atoms with E-state index >= 15 is 0 Å². The molecule has 0 spiro atoms. The Morgan fingerprint density at radius 3 is 2.62 bits per heavy atom. The van der Waals surface area contributed by atoms with E-state index in [0.29, 0.717) is 22.3 Å². The Morgan fingerprint density at radius 1 is 1.27 bits per heavy atom. The molecule has 8 nitrogen and oxygen atoms in total. The molecular weight excluding hydrogens is 376 g/mol. The van der Waals surface area contributed by atoms with Crippen LogP contribution in [0.2, 0.25) is 0 Å². The number of hydrogen-bond acceptors (Lipinski definition) is 7. The van der Waals surface area contributed by atoms with Gasteiger partial charge in [-0.15, -0.1) is 11.3 Å². The van der Waals surface area contributed by atoms with E-state index < -0.39 is 15.9 Å². The van der Waals surface area contributed by atoms with Gasteiger partial charge in [-0.3, -0.25) is 14.8 Å². The van der Waals surface area contributed by atoms with Crippen molar-refractivity contribution in [1.29, 1.82) is 0 Å². The van der Waals surface area contributed by atoms with E-state index in [-0.39, 0.29) is 11.4 Å². The number of carbonyl (C=O) groups excluding carboxylic acids is 1. The lowest BCUT2D eigenvalue weighted by atomic mass is 10.1. The van der Waals surface area contributed by atoms with Gasteiger partial charge < -0.3 is 4.52 Å². The third-order valence-corrected chi connectivity index (χ3v) is 5.48. The lowest BCUT2D eigenvalue weighted by Crippen LogP contribution is -2.14. The average Bonchev–Trinajstić information content (AvgIpc) is 3.24. The van der Waals surface area contributed by atoms with Crippen molar-refractivity contribution >= 4 is 38.1 Å². The minimum absolute atomic E-state index is 0.00887. The van der Waals surface area contributed by atoms with Crippen LogP contribution in [0.5, 0.6) is 0 Å². The van der Waals surface area contributed by atoms with Crippen molar-refractivity contribution in [3.8, 4) is 11.3 Å². The molecule has 0 aliphatic rings. The second-order valence-corrected chi connectivity index (χ2v) is 8.27. The lowest BCUT2D eigenvalue weighted by molar-refractivity contribution is 0.101. The van der Waals surface area contributed by atoms with Crippen LogP contribution in [0.4, 0.5) is 10.8 Å². The SMILES string of the molecule is CCS(=O)(=O)Nc1ccc(-c2csc(NC(=O)c3cc(C)on3)n2)cc1. The van der Waals surface area contributed by atoms with E-state index in [1.807, 2.05) is 0 Å². The second kappa shape index (κ2) is 7.26. The predicted octanol–water partition coefficient (Wildman–Crippen LogP) is 3.12. The summed E-state index contributed by atoms with van der Waals surface area (Å²) in [6.45, 7) is 3.28. The van der Waals surface area contributed by atoms with Crippen molar-refractivity contribution in [3.63, 3.8) is 0 Å². The van der Waals surface area contributed by atoms with Crippen LogP contribution in [-0.2, 0) is 10.0 Å². The van der Waals surface area contributed by atoms with Crippen LogP contribution in [0.3, 0.4) is 0 Å². The normalized spacial score (nSPS) is 11.3. The summed E-state index contributed by atoms with van der Waals surface area (Å²) in [5.41, 5.74) is 2.15. The van der Waals surface area contributed by atoms with Gasteiger partial charge >= 0.3 is 0 Å². The predicted molar refractivity (Wildman–Crippen MR) is 99.8 cm³/mol. The first kappa shape index (κ1) is 18.1. The van der Waals surface area contributed by atoms with Crippen LogP contribution in [0.15, 0.2) is 40.2 Å². The Bertz CT molecular complexity index is 1020. The van der Waals surface area contributed by atoms with Gasteiger partial charge in [0.1, 0.15) is 5.76 Å². The maximum Gasteiger partial charge on any atom is 0.279 e. The largest absolute Gasteiger partial charge is 0.361 e. The van der Waals surface area contributed by atoms with Crippen molar-refractivity contribution in [3.05, 3.63) is 47.2 Å². The first-order valence-corrected chi connectivity index (χ1v) is 10.2. The number of anilines is 2. The summed E-state index contributed by atoms with van der Waals surface area (Å²) in [5.74, 6) is 0.162. The number of aromatic nitrogens is 2. The molecule has 0 radical (unpaired) electrons. The number of rotatable bonds is 6. The molecule has 10 heteroatoms. The number of sulfonamides is 1. The molecule has 1 amide bonds. The van der Waals surface area contributed by atoms with Gasteiger partial charge in [0.05, 0.1) is 11.4 Å². The zero-order valence-corrected chi connectivity index (χ0v) is 15.6. The van der Waals surface area contributed by atoms with Gasteiger partial charge in [0, 0.05) is 22.7 Å². The number of carbonyl (C=O) groups is 1. The summed E-state index contributed by atoms with van der Waals surface area (Å²) < 4.78 is 30.5. The van der Waals surface area contributed by atoms with Crippen molar-refractivity contribution in [2.24, 2.45) is 0 Å². The Hall–Kier alpha value is -2.72. The molecule has 1 aromatic carbocycles. The van der Waals surface area contributed by atoms with Crippen molar-refractivity contribution in [1.82, 2.24) is 10.1 Å². The van der Waals surface area contributed by atoms with E-state index in [0.717, 1.165) is 5.56 Å². The molecule has 2 heterocycles. The number of thiazole rings is 1. The molecule has 0 aliphatic heterocycles. The Labute approximate surface area is 154 Å². The van der Waals surface area contributed by atoms with Crippen molar-refractivity contribution in [2.45, 2.75) is 13.8 Å².